The third-order valence-corrected chi connectivity index (χ3v) is 6.88. The Morgan fingerprint density at radius 2 is 1.87 bits per heavy atom. The highest BCUT2D eigenvalue weighted by Crippen LogP contribution is 2.27. The van der Waals surface area contributed by atoms with Crippen LogP contribution >= 0.6 is 23.2 Å². The van der Waals surface area contributed by atoms with Gasteiger partial charge in [-0.15, -0.1) is 0 Å². The molecule has 1 aliphatic rings. The summed E-state index contributed by atoms with van der Waals surface area (Å²) in [6.07, 6.45) is 3.39. The van der Waals surface area contributed by atoms with E-state index in [1.54, 1.807) is 0 Å². The first kappa shape index (κ1) is 20.6. The number of piperidine rings is 1. The number of fused-ring (bicyclic) bond motifs is 1. The lowest BCUT2D eigenvalue weighted by atomic mass is 9.90. The normalized spacial score (nSPS) is 15.7. The Balaban J connectivity index is 1.18. The molecule has 0 aliphatic carbocycles. The number of likely N-dealkylation sites (tertiary alicyclic amines) is 1. The molecule has 2 N–H and O–H groups in total. The predicted octanol–water partition coefficient (Wildman–Crippen LogP) is 6.02. The van der Waals surface area contributed by atoms with Gasteiger partial charge in [0, 0.05) is 10.9 Å². The van der Waals surface area contributed by atoms with Crippen LogP contribution in [-0.2, 0) is 13.0 Å². The number of hydrogen-bond acceptors (Lipinski definition) is 3. The second-order valence-electron chi connectivity index (χ2n) is 8.55. The third-order valence-electron chi connectivity index (χ3n) is 6.14. The average molecular weight is 454 g/mol. The van der Waals surface area contributed by atoms with Crippen LogP contribution in [0.5, 0.6) is 0 Å². The fourth-order valence-electron chi connectivity index (χ4n) is 4.42. The number of aromatic amines is 2. The first-order valence-corrected chi connectivity index (χ1v) is 11.5. The van der Waals surface area contributed by atoms with Crippen LogP contribution in [0.25, 0.3) is 22.4 Å². The lowest BCUT2D eigenvalue weighted by Gasteiger charge is -2.31. The SMILES string of the molecule is Cc1ccc2[nH]c(-c3n[nH]c(CN4CCC(Cc5ccc(Cl)c(Cl)c5)CC4)n3)cc2c1. The van der Waals surface area contributed by atoms with Crippen molar-refractivity contribution in [3.8, 4) is 11.5 Å². The zero-order valence-electron chi connectivity index (χ0n) is 17.5. The molecule has 1 fully saturated rings. The van der Waals surface area contributed by atoms with Gasteiger partial charge in [-0.1, -0.05) is 40.9 Å². The van der Waals surface area contributed by atoms with Crippen molar-refractivity contribution in [2.75, 3.05) is 13.1 Å². The van der Waals surface area contributed by atoms with Crippen molar-refractivity contribution in [3.63, 3.8) is 0 Å². The summed E-state index contributed by atoms with van der Waals surface area (Å²) in [5.74, 6) is 2.31. The summed E-state index contributed by atoms with van der Waals surface area (Å²) in [5, 5.41) is 10.0. The molecule has 0 unspecified atom stereocenters. The molecule has 2 aromatic heterocycles. The zero-order valence-corrected chi connectivity index (χ0v) is 19.0. The first-order chi connectivity index (χ1) is 15.0. The van der Waals surface area contributed by atoms with E-state index in [1.165, 1.54) is 29.4 Å². The van der Waals surface area contributed by atoms with Crippen LogP contribution in [0.4, 0.5) is 0 Å². The molecule has 31 heavy (non-hydrogen) atoms. The monoisotopic (exact) mass is 453 g/mol. The molecule has 7 heteroatoms. The molecule has 160 valence electrons. The van der Waals surface area contributed by atoms with E-state index in [2.05, 4.69) is 57.3 Å². The molecule has 1 saturated heterocycles. The van der Waals surface area contributed by atoms with E-state index in [-0.39, 0.29) is 0 Å². The Bertz CT molecular complexity index is 1200. The highest BCUT2D eigenvalue weighted by molar-refractivity contribution is 6.42. The quantitative estimate of drug-likeness (QED) is 0.388. The largest absolute Gasteiger partial charge is 0.352 e. The zero-order chi connectivity index (χ0) is 21.4. The molecule has 5 rings (SSSR count). The summed E-state index contributed by atoms with van der Waals surface area (Å²) in [6.45, 7) is 5.03. The molecule has 5 nitrogen and oxygen atoms in total. The van der Waals surface area contributed by atoms with Gasteiger partial charge in [0.05, 0.1) is 22.3 Å². The van der Waals surface area contributed by atoms with Crippen LogP contribution in [0.3, 0.4) is 0 Å². The number of H-pyrrole nitrogens is 2. The molecule has 4 aromatic rings. The number of aromatic nitrogens is 4. The van der Waals surface area contributed by atoms with Gasteiger partial charge in [-0.25, -0.2) is 4.98 Å². The van der Waals surface area contributed by atoms with Gasteiger partial charge in [-0.05, 0) is 81.1 Å². The van der Waals surface area contributed by atoms with Crippen LogP contribution in [-0.4, -0.2) is 38.2 Å². The maximum atomic E-state index is 6.16. The standard InChI is InChI=1S/C24H25Cl2N5/c1-15-2-5-21-18(10-15)13-22(27-21)24-28-23(29-30-24)14-31-8-6-16(7-9-31)11-17-3-4-19(25)20(26)12-17/h2-5,10,12-13,16,27H,6-9,11,14H2,1H3,(H,28,29,30). The van der Waals surface area contributed by atoms with Crippen LogP contribution in [0.2, 0.25) is 10.0 Å². The van der Waals surface area contributed by atoms with Crippen LogP contribution < -0.4 is 0 Å². The predicted molar refractivity (Wildman–Crippen MR) is 127 cm³/mol. The van der Waals surface area contributed by atoms with E-state index >= 15 is 0 Å². The van der Waals surface area contributed by atoms with Crippen LogP contribution in [0, 0.1) is 12.8 Å². The fraction of sp³-hybridized carbons (Fsp3) is 0.333. The van der Waals surface area contributed by atoms with Crippen molar-refractivity contribution in [1.82, 2.24) is 25.1 Å². The molecule has 0 atom stereocenters. The number of halogens is 2. The minimum absolute atomic E-state index is 0.620. The lowest BCUT2D eigenvalue weighted by molar-refractivity contribution is 0.173. The molecular formula is C24H25Cl2N5. The van der Waals surface area contributed by atoms with Crippen molar-refractivity contribution >= 4 is 34.1 Å². The lowest BCUT2D eigenvalue weighted by Crippen LogP contribution is -2.34. The molecule has 0 spiro atoms. The Kier molecular flexibility index (Phi) is 5.74. The van der Waals surface area contributed by atoms with E-state index in [0.29, 0.717) is 16.0 Å². The van der Waals surface area contributed by atoms with Gasteiger partial charge in [-0.3, -0.25) is 10.00 Å². The molecule has 0 radical (unpaired) electrons. The number of hydrogen-bond donors (Lipinski definition) is 2. The van der Waals surface area contributed by atoms with E-state index in [9.17, 15) is 0 Å². The van der Waals surface area contributed by atoms with E-state index in [4.69, 9.17) is 28.2 Å². The van der Waals surface area contributed by atoms with E-state index in [0.717, 1.165) is 48.9 Å². The minimum Gasteiger partial charge on any atom is -0.352 e. The number of benzene rings is 2. The van der Waals surface area contributed by atoms with Gasteiger partial charge in [0.15, 0.2) is 5.82 Å². The van der Waals surface area contributed by atoms with Crippen LogP contribution in [0.1, 0.15) is 29.8 Å². The molecule has 0 saturated carbocycles. The average Bonchev–Trinajstić information content (AvgIpc) is 3.38. The topological polar surface area (TPSA) is 60.6 Å². The van der Waals surface area contributed by atoms with E-state index in [1.807, 2.05) is 12.1 Å². The number of nitrogens with one attached hydrogen (secondary N) is 2. The third kappa shape index (κ3) is 4.64. The molecule has 0 bridgehead atoms. The van der Waals surface area contributed by atoms with Gasteiger partial charge in [-0.2, -0.15) is 5.10 Å². The van der Waals surface area contributed by atoms with Crippen molar-refractivity contribution < 1.29 is 0 Å². The van der Waals surface area contributed by atoms with Gasteiger partial charge in [0.25, 0.3) is 0 Å². The number of aryl methyl sites for hydroxylation is 1. The van der Waals surface area contributed by atoms with Crippen molar-refractivity contribution in [2.24, 2.45) is 5.92 Å². The Labute approximate surface area is 191 Å². The van der Waals surface area contributed by atoms with Crippen molar-refractivity contribution in [2.45, 2.75) is 32.7 Å². The summed E-state index contributed by atoms with van der Waals surface area (Å²) in [7, 11) is 0. The molecular weight excluding hydrogens is 429 g/mol. The maximum absolute atomic E-state index is 6.16. The summed E-state index contributed by atoms with van der Waals surface area (Å²) >= 11 is 12.2. The highest BCUT2D eigenvalue weighted by Gasteiger charge is 2.21. The maximum Gasteiger partial charge on any atom is 0.197 e. The molecule has 2 aromatic carbocycles. The van der Waals surface area contributed by atoms with Crippen molar-refractivity contribution in [1.29, 1.82) is 0 Å². The van der Waals surface area contributed by atoms with E-state index < -0.39 is 0 Å². The fourth-order valence-corrected chi connectivity index (χ4v) is 4.74. The Morgan fingerprint density at radius 1 is 1.03 bits per heavy atom. The summed E-state index contributed by atoms with van der Waals surface area (Å²) < 4.78 is 0. The summed E-state index contributed by atoms with van der Waals surface area (Å²) in [5.41, 5.74) is 4.57. The summed E-state index contributed by atoms with van der Waals surface area (Å²) in [6, 6.07) is 14.5. The van der Waals surface area contributed by atoms with Gasteiger partial charge >= 0.3 is 0 Å². The second-order valence-corrected chi connectivity index (χ2v) is 9.37. The molecule has 3 heterocycles. The smallest absolute Gasteiger partial charge is 0.197 e. The van der Waals surface area contributed by atoms with Crippen LogP contribution in [0.15, 0.2) is 42.5 Å². The molecule has 1 aliphatic heterocycles. The number of rotatable bonds is 5. The Hall–Kier alpha value is -2.34. The van der Waals surface area contributed by atoms with Gasteiger partial charge < -0.3 is 4.98 Å². The first-order valence-electron chi connectivity index (χ1n) is 10.7. The van der Waals surface area contributed by atoms with Gasteiger partial charge in [0.2, 0.25) is 0 Å². The number of nitrogens with zero attached hydrogens (tertiary/aromatic N) is 3. The molecule has 0 amide bonds. The minimum atomic E-state index is 0.620. The van der Waals surface area contributed by atoms with Gasteiger partial charge in [0.1, 0.15) is 5.82 Å². The second kappa shape index (κ2) is 8.65. The Morgan fingerprint density at radius 3 is 2.68 bits per heavy atom. The summed E-state index contributed by atoms with van der Waals surface area (Å²) in [4.78, 5) is 10.6. The van der Waals surface area contributed by atoms with Crippen molar-refractivity contribution in [3.05, 3.63) is 69.5 Å². The highest BCUT2D eigenvalue weighted by atomic mass is 35.5.